The van der Waals surface area contributed by atoms with Crippen molar-refractivity contribution in [1.29, 1.82) is 0 Å². The molecule has 0 radical (unpaired) electrons. The van der Waals surface area contributed by atoms with E-state index in [1.807, 2.05) is 22.7 Å². The van der Waals surface area contributed by atoms with Gasteiger partial charge in [0.05, 0.1) is 0 Å². The van der Waals surface area contributed by atoms with Gasteiger partial charge in [0.15, 0.2) is 0 Å². The van der Waals surface area contributed by atoms with Gasteiger partial charge in [-0.1, -0.05) is 25.1 Å². The summed E-state index contributed by atoms with van der Waals surface area (Å²) in [4.78, 5) is 1.41. The first kappa shape index (κ1) is 14.3. The van der Waals surface area contributed by atoms with Crippen LogP contribution in [0.2, 0.25) is 0 Å². The van der Waals surface area contributed by atoms with Gasteiger partial charge >= 0.3 is 0 Å². The molecule has 1 aromatic carbocycles. The van der Waals surface area contributed by atoms with Crippen molar-refractivity contribution in [3.63, 3.8) is 0 Å². The van der Waals surface area contributed by atoms with Gasteiger partial charge in [-0.3, -0.25) is 0 Å². The second kappa shape index (κ2) is 6.39. The minimum absolute atomic E-state index is 0.381. The van der Waals surface area contributed by atoms with Crippen LogP contribution in [0.25, 0.3) is 10.1 Å². The summed E-state index contributed by atoms with van der Waals surface area (Å²) < 4.78 is 2.60. The first-order valence-corrected chi connectivity index (χ1v) is 9.26. The zero-order chi connectivity index (χ0) is 13.9. The number of thiophene rings is 2. The fourth-order valence-corrected chi connectivity index (χ4v) is 5.04. The number of hydrogen-bond acceptors (Lipinski definition) is 3. The molecular formula is C16H16BrNS2. The predicted molar refractivity (Wildman–Crippen MR) is 94.0 cm³/mol. The van der Waals surface area contributed by atoms with Crippen LogP contribution in [0.4, 0.5) is 0 Å². The quantitative estimate of drug-likeness (QED) is 0.618. The van der Waals surface area contributed by atoms with Crippen LogP contribution >= 0.6 is 38.6 Å². The van der Waals surface area contributed by atoms with E-state index in [0.717, 1.165) is 13.0 Å². The molecule has 1 nitrogen and oxygen atoms in total. The molecule has 0 saturated heterocycles. The minimum atomic E-state index is 0.381. The molecule has 1 atom stereocenters. The third-order valence-corrected chi connectivity index (χ3v) is 6.35. The molecule has 1 N–H and O–H groups in total. The van der Waals surface area contributed by atoms with Crippen molar-refractivity contribution in [3.8, 4) is 0 Å². The SMILES string of the molecule is CCNC(Cc1sccc1Br)c1csc2ccccc12. The Kier molecular flexibility index (Phi) is 4.56. The summed E-state index contributed by atoms with van der Waals surface area (Å²) in [5.74, 6) is 0. The molecule has 0 saturated carbocycles. The van der Waals surface area contributed by atoms with Crippen LogP contribution < -0.4 is 5.32 Å². The molecular weight excluding hydrogens is 350 g/mol. The van der Waals surface area contributed by atoms with Gasteiger partial charge in [-0.15, -0.1) is 22.7 Å². The number of likely N-dealkylation sites (N-methyl/N-ethyl adjacent to an activating group) is 1. The third-order valence-electron chi connectivity index (χ3n) is 3.42. The third kappa shape index (κ3) is 2.84. The smallest absolute Gasteiger partial charge is 0.0383 e. The van der Waals surface area contributed by atoms with Crippen molar-refractivity contribution in [2.24, 2.45) is 0 Å². The maximum absolute atomic E-state index is 3.64. The van der Waals surface area contributed by atoms with Crippen molar-refractivity contribution in [2.45, 2.75) is 19.4 Å². The normalized spacial score (nSPS) is 12.9. The van der Waals surface area contributed by atoms with Crippen molar-refractivity contribution in [2.75, 3.05) is 6.54 Å². The Labute approximate surface area is 135 Å². The van der Waals surface area contributed by atoms with Crippen LogP contribution in [0.3, 0.4) is 0 Å². The monoisotopic (exact) mass is 365 g/mol. The Morgan fingerprint density at radius 3 is 2.80 bits per heavy atom. The highest BCUT2D eigenvalue weighted by Gasteiger charge is 2.17. The molecule has 0 aliphatic heterocycles. The number of nitrogens with one attached hydrogen (secondary N) is 1. The number of hydrogen-bond donors (Lipinski definition) is 1. The molecule has 4 heteroatoms. The van der Waals surface area contributed by atoms with Crippen molar-refractivity contribution in [1.82, 2.24) is 5.32 Å². The lowest BCUT2D eigenvalue weighted by atomic mass is 10.0. The standard InChI is InChI=1S/C16H16BrNS2/c1-2-18-14(9-16-13(17)7-8-19-16)12-10-20-15-6-4-3-5-11(12)15/h3-8,10,14,18H,2,9H2,1H3. The fourth-order valence-electron chi connectivity index (χ4n) is 2.46. The summed E-state index contributed by atoms with van der Waals surface area (Å²) >= 11 is 7.30. The zero-order valence-electron chi connectivity index (χ0n) is 11.2. The van der Waals surface area contributed by atoms with E-state index in [2.05, 4.69) is 69.3 Å². The Hall–Kier alpha value is -0.680. The molecule has 2 aromatic heterocycles. The predicted octanol–water partition coefficient (Wildman–Crippen LogP) is 5.62. The second-order valence-electron chi connectivity index (χ2n) is 4.69. The molecule has 0 bridgehead atoms. The molecule has 0 aliphatic carbocycles. The minimum Gasteiger partial charge on any atom is -0.310 e. The van der Waals surface area contributed by atoms with E-state index in [0.29, 0.717) is 6.04 Å². The molecule has 1 unspecified atom stereocenters. The average Bonchev–Trinajstić information content (AvgIpc) is 3.05. The lowest BCUT2D eigenvalue weighted by Crippen LogP contribution is -2.22. The van der Waals surface area contributed by atoms with E-state index in [1.165, 1.54) is 25.0 Å². The van der Waals surface area contributed by atoms with Crippen LogP contribution in [0.15, 0.2) is 45.6 Å². The summed E-state index contributed by atoms with van der Waals surface area (Å²) in [6.07, 6.45) is 1.03. The van der Waals surface area contributed by atoms with Gasteiger partial charge in [-0.05, 0) is 56.3 Å². The van der Waals surface area contributed by atoms with E-state index in [-0.39, 0.29) is 0 Å². The Balaban J connectivity index is 1.96. The van der Waals surface area contributed by atoms with Crippen molar-refractivity contribution in [3.05, 3.63) is 56.0 Å². The molecule has 0 amide bonds. The number of benzene rings is 1. The van der Waals surface area contributed by atoms with Crippen LogP contribution in [-0.4, -0.2) is 6.54 Å². The van der Waals surface area contributed by atoms with Gasteiger partial charge in [-0.2, -0.15) is 0 Å². The van der Waals surface area contributed by atoms with Gasteiger partial charge in [0.1, 0.15) is 0 Å². The van der Waals surface area contributed by atoms with Crippen molar-refractivity contribution >= 4 is 48.7 Å². The summed E-state index contributed by atoms with van der Waals surface area (Å²) in [6.45, 7) is 3.16. The van der Waals surface area contributed by atoms with E-state index in [9.17, 15) is 0 Å². The Bertz CT molecular complexity index is 701. The highest BCUT2D eigenvalue weighted by Crippen LogP contribution is 2.34. The highest BCUT2D eigenvalue weighted by atomic mass is 79.9. The Morgan fingerprint density at radius 2 is 2.05 bits per heavy atom. The second-order valence-corrected chi connectivity index (χ2v) is 7.46. The van der Waals surface area contributed by atoms with Crippen LogP contribution in [0.5, 0.6) is 0 Å². The average molecular weight is 366 g/mol. The highest BCUT2D eigenvalue weighted by molar-refractivity contribution is 9.10. The zero-order valence-corrected chi connectivity index (χ0v) is 14.4. The van der Waals surface area contributed by atoms with Crippen molar-refractivity contribution < 1.29 is 0 Å². The van der Waals surface area contributed by atoms with Crippen LogP contribution in [0.1, 0.15) is 23.4 Å². The summed E-state index contributed by atoms with van der Waals surface area (Å²) in [6, 6.07) is 11.2. The Morgan fingerprint density at radius 1 is 1.20 bits per heavy atom. The molecule has 0 aliphatic rings. The van der Waals surface area contributed by atoms with E-state index in [1.54, 1.807) is 0 Å². The molecule has 20 heavy (non-hydrogen) atoms. The topological polar surface area (TPSA) is 12.0 Å². The van der Waals surface area contributed by atoms with E-state index >= 15 is 0 Å². The lowest BCUT2D eigenvalue weighted by molar-refractivity contribution is 0.557. The van der Waals surface area contributed by atoms with E-state index in [4.69, 9.17) is 0 Å². The molecule has 2 heterocycles. The van der Waals surface area contributed by atoms with Crippen LogP contribution in [-0.2, 0) is 6.42 Å². The van der Waals surface area contributed by atoms with Gasteiger partial charge in [-0.25, -0.2) is 0 Å². The maximum Gasteiger partial charge on any atom is 0.0383 e. The molecule has 3 aromatic rings. The van der Waals surface area contributed by atoms with Gasteiger partial charge in [0.2, 0.25) is 0 Å². The molecule has 104 valence electrons. The lowest BCUT2D eigenvalue weighted by Gasteiger charge is -2.17. The van der Waals surface area contributed by atoms with Crippen LogP contribution in [0, 0.1) is 0 Å². The molecule has 3 rings (SSSR count). The van der Waals surface area contributed by atoms with Gasteiger partial charge in [0, 0.05) is 26.5 Å². The largest absolute Gasteiger partial charge is 0.310 e. The number of fused-ring (bicyclic) bond motifs is 1. The van der Waals surface area contributed by atoms with Gasteiger partial charge < -0.3 is 5.32 Å². The maximum atomic E-state index is 3.64. The number of halogens is 1. The summed E-state index contributed by atoms with van der Waals surface area (Å²) in [5.41, 5.74) is 1.42. The molecule has 0 spiro atoms. The molecule has 0 fully saturated rings. The summed E-state index contributed by atoms with van der Waals surface area (Å²) in [5, 5.41) is 9.47. The fraction of sp³-hybridized carbons (Fsp3) is 0.250. The first-order chi connectivity index (χ1) is 9.79. The summed E-state index contributed by atoms with van der Waals surface area (Å²) in [7, 11) is 0. The first-order valence-electron chi connectivity index (χ1n) is 6.71. The van der Waals surface area contributed by atoms with Gasteiger partial charge in [0.25, 0.3) is 0 Å². The van der Waals surface area contributed by atoms with E-state index < -0.39 is 0 Å². The number of rotatable bonds is 5.